The average Bonchev–Trinajstić information content (AvgIpc) is 2.86. The fourth-order valence-corrected chi connectivity index (χ4v) is 3.33. The molecule has 0 aliphatic heterocycles. The predicted octanol–water partition coefficient (Wildman–Crippen LogP) is -0.493. The van der Waals surface area contributed by atoms with Gasteiger partial charge in [-0.1, -0.05) is 48.5 Å². The molecule has 11 nitrogen and oxygen atoms in total. The van der Waals surface area contributed by atoms with E-state index >= 15 is 0 Å². The number of hydrogen-bond acceptors (Lipinski definition) is 10. The first-order valence-corrected chi connectivity index (χ1v) is 10.4. The van der Waals surface area contributed by atoms with Gasteiger partial charge in [0.2, 0.25) is 0 Å². The molecule has 34 heavy (non-hydrogen) atoms. The molecule has 2 aromatic carbocycles. The minimum Gasteiger partial charge on any atom is -0.454 e. The van der Waals surface area contributed by atoms with E-state index in [9.17, 15) is 34.8 Å². The molecule has 2 aromatic rings. The molecule has 0 bridgehead atoms. The van der Waals surface area contributed by atoms with Crippen molar-refractivity contribution in [2.45, 2.75) is 43.2 Å². The number of aliphatic hydroxyl groups excluding tert-OH is 4. The zero-order valence-electron chi connectivity index (χ0n) is 17.9. The van der Waals surface area contributed by atoms with Crippen molar-refractivity contribution in [1.29, 1.82) is 0 Å². The van der Waals surface area contributed by atoms with E-state index in [-0.39, 0.29) is 12.2 Å². The van der Waals surface area contributed by atoms with Gasteiger partial charge in [-0.3, -0.25) is 4.79 Å². The maximum atomic E-state index is 12.4. The van der Waals surface area contributed by atoms with E-state index in [2.05, 4.69) is 5.32 Å². The summed E-state index contributed by atoms with van der Waals surface area (Å²) in [6.45, 7) is -0.707. The Morgan fingerprint density at radius 3 is 1.85 bits per heavy atom. The Kier molecular flexibility index (Phi) is 8.55. The van der Waals surface area contributed by atoms with E-state index in [1.165, 1.54) is 12.1 Å². The first kappa shape index (κ1) is 25.1. The molecule has 1 fully saturated rings. The number of carbonyl (C=O) groups is 3. The number of ether oxygens (including phenoxy) is 3. The van der Waals surface area contributed by atoms with Crippen LogP contribution in [0.15, 0.2) is 60.7 Å². The molecular weight excluding hydrogens is 450 g/mol. The summed E-state index contributed by atoms with van der Waals surface area (Å²) in [5, 5.41) is 42.8. The van der Waals surface area contributed by atoms with Crippen molar-refractivity contribution in [3.8, 4) is 0 Å². The van der Waals surface area contributed by atoms with Crippen LogP contribution in [0.5, 0.6) is 0 Å². The van der Waals surface area contributed by atoms with Crippen LogP contribution in [-0.4, -0.2) is 81.6 Å². The molecule has 1 amide bonds. The quantitative estimate of drug-likeness (QED) is 0.260. The van der Waals surface area contributed by atoms with Crippen LogP contribution in [0.3, 0.4) is 0 Å². The first-order chi connectivity index (χ1) is 16.3. The van der Waals surface area contributed by atoms with Gasteiger partial charge in [0, 0.05) is 0 Å². The summed E-state index contributed by atoms with van der Waals surface area (Å²) in [4.78, 5) is 36.5. The zero-order valence-corrected chi connectivity index (χ0v) is 17.9. The number of amides is 1. The number of esters is 2. The second kappa shape index (κ2) is 11.6. The molecule has 1 aliphatic carbocycles. The fraction of sp³-hybridized carbons (Fsp3) is 0.348. The Balaban J connectivity index is 1.60. The van der Waals surface area contributed by atoms with Crippen LogP contribution in [-0.2, 0) is 25.6 Å². The van der Waals surface area contributed by atoms with E-state index < -0.39 is 61.2 Å². The molecule has 5 N–H and O–H groups in total. The standard InChI is InChI=1S/C23H25NO10/c25-15(11-24-23(31)32-12-13-7-3-1-4-8-13)33-20-18(28)16(26)17(27)19(29)21(20)34-22(30)14-9-5-2-6-10-14/h1-10,16-21,26-29H,11-12H2,(H,24,31)/t16-,17-,18+,19+,20-,21-/m0/s1. The predicted molar refractivity (Wildman–Crippen MR) is 114 cm³/mol. The van der Waals surface area contributed by atoms with Gasteiger partial charge in [0.15, 0.2) is 12.2 Å². The van der Waals surface area contributed by atoms with E-state index in [1.807, 2.05) is 0 Å². The van der Waals surface area contributed by atoms with Crippen molar-refractivity contribution < 1.29 is 49.0 Å². The molecule has 182 valence electrons. The van der Waals surface area contributed by atoms with Gasteiger partial charge in [0.25, 0.3) is 0 Å². The number of rotatable bonds is 7. The zero-order chi connectivity index (χ0) is 24.7. The highest BCUT2D eigenvalue weighted by Crippen LogP contribution is 2.27. The molecule has 1 saturated carbocycles. The van der Waals surface area contributed by atoms with Gasteiger partial charge >= 0.3 is 18.0 Å². The number of hydrogen-bond donors (Lipinski definition) is 5. The summed E-state index contributed by atoms with van der Waals surface area (Å²) in [6, 6.07) is 16.5. The van der Waals surface area contributed by atoms with Gasteiger partial charge in [-0.05, 0) is 17.7 Å². The molecule has 11 heteroatoms. The third kappa shape index (κ3) is 6.29. The Morgan fingerprint density at radius 2 is 1.26 bits per heavy atom. The largest absolute Gasteiger partial charge is 0.454 e. The highest BCUT2D eigenvalue weighted by atomic mass is 16.6. The molecule has 0 saturated heterocycles. The van der Waals surface area contributed by atoms with E-state index in [0.717, 1.165) is 5.56 Å². The summed E-state index contributed by atoms with van der Waals surface area (Å²) in [5.41, 5.74) is 0.841. The van der Waals surface area contributed by atoms with Crippen molar-refractivity contribution in [2.24, 2.45) is 0 Å². The Bertz CT molecular complexity index is 970. The average molecular weight is 475 g/mol. The first-order valence-electron chi connectivity index (χ1n) is 10.4. The number of aliphatic hydroxyl groups is 4. The van der Waals surface area contributed by atoms with Crippen LogP contribution in [0.2, 0.25) is 0 Å². The number of alkyl carbamates (subject to hydrolysis) is 1. The molecule has 6 atom stereocenters. The summed E-state index contributed by atoms with van der Waals surface area (Å²) in [6.07, 6.45) is -11.8. The minimum absolute atomic E-state index is 0.0309. The van der Waals surface area contributed by atoms with Gasteiger partial charge in [0.05, 0.1) is 5.56 Å². The smallest absolute Gasteiger partial charge is 0.407 e. The van der Waals surface area contributed by atoms with E-state index in [4.69, 9.17) is 14.2 Å². The highest BCUT2D eigenvalue weighted by Gasteiger charge is 2.52. The summed E-state index contributed by atoms with van der Waals surface area (Å²) in [7, 11) is 0. The second-order valence-corrected chi connectivity index (χ2v) is 7.57. The van der Waals surface area contributed by atoms with Crippen LogP contribution in [0.1, 0.15) is 15.9 Å². The lowest BCUT2D eigenvalue weighted by Crippen LogP contribution is -2.65. The van der Waals surface area contributed by atoms with E-state index in [0.29, 0.717) is 0 Å². The Morgan fingerprint density at radius 1 is 0.735 bits per heavy atom. The monoisotopic (exact) mass is 475 g/mol. The van der Waals surface area contributed by atoms with Crippen molar-refractivity contribution in [1.82, 2.24) is 5.32 Å². The number of nitrogens with one attached hydrogen (secondary N) is 1. The SMILES string of the molecule is O=C(CNC(=O)OCc1ccccc1)O[C@H]1[C@H](O)[C@@H](O)[C@H](O)[C@@H](O)[C@@H]1OC(=O)c1ccccc1. The lowest BCUT2D eigenvalue weighted by molar-refractivity contribution is -0.233. The third-order valence-electron chi connectivity index (χ3n) is 5.16. The maximum Gasteiger partial charge on any atom is 0.407 e. The Hall–Kier alpha value is -3.51. The molecule has 1 aliphatic rings. The van der Waals surface area contributed by atoms with Crippen molar-refractivity contribution in [3.05, 3.63) is 71.8 Å². The molecule has 0 aromatic heterocycles. The second-order valence-electron chi connectivity index (χ2n) is 7.57. The Labute approximate surface area is 194 Å². The van der Waals surface area contributed by atoms with Gasteiger partial charge in [-0.15, -0.1) is 0 Å². The molecule has 0 heterocycles. The van der Waals surface area contributed by atoms with Crippen LogP contribution in [0, 0.1) is 0 Å². The fourth-order valence-electron chi connectivity index (χ4n) is 3.33. The van der Waals surface area contributed by atoms with Crippen molar-refractivity contribution in [3.63, 3.8) is 0 Å². The van der Waals surface area contributed by atoms with Gasteiger partial charge in [0.1, 0.15) is 37.6 Å². The summed E-state index contributed by atoms with van der Waals surface area (Å²) >= 11 is 0. The third-order valence-corrected chi connectivity index (χ3v) is 5.16. The minimum atomic E-state index is -1.89. The summed E-state index contributed by atoms with van der Waals surface area (Å²) < 4.78 is 15.3. The van der Waals surface area contributed by atoms with Crippen LogP contribution in [0.25, 0.3) is 0 Å². The lowest BCUT2D eigenvalue weighted by Gasteiger charge is -2.42. The van der Waals surface area contributed by atoms with Crippen LogP contribution >= 0.6 is 0 Å². The number of carbonyl (C=O) groups excluding carboxylic acids is 3. The van der Waals surface area contributed by atoms with Crippen molar-refractivity contribution in [2.75, 3.05) is 6.54 Å². The topological polar surface area (TPSA) is 172 Å². The van der Waals surface area contributed by atoms with E-state index in [1.54, 1.807) is 48.5 Å². The summed E-state index contributed by atoms with van der Waals surface area (Å²) in [5.74, 6) is -1.98. The van der Waals surface area contributed by atoms with Gasteiger partial charge < -0.3 is 40.0 Å². The number of benzene rings is 2. The highest BCUT2D eigenvalue weighted by molar-refractivity contribution is 5.89. The van der Waals surface area contributed by atoms with Crippen molar-refractivity contribution >= 4 is 18.0 Å². The molecule has 0 radical (unpaired) electrons. The van der Waals surface area contributed by atoms with Gasteiger partial charge in [-0.2, -0.15) is 0 Å². The molecule has 0 spiro atoms. The normalized spacial score (nSPS) is 26.2. The lowest BCUT2D eigenvalue weighted by atomic mass is 9.84. The van der Waals surface area contributed by atoms with Crippen LogP contribution < -0.4 is 5.32 Å². The molecular formula is C23H25NO10. The van der Waals surface area contributed by atoms with Gasteiger partial charge in [-0.25, -0.2) is 9.59 Å². The maximum absolute atomic E-state index is 12.4. The molecule has 0 unspecified atom stereocenters. The molecule has 3 rings (SSSR count). The van der Waals surface area contributed by atoms with Crippen LogP contribution in [0.4, 0.5) is 4.79 Å².